The van der Waals surface area contributed by atoms with Crippen LogP contribution in [0.5, 0.6) is 0 Å². The summed E-state index contributed by atoms with van der Waals surface area (Å²) in [5.41, 5.74) is 1.47. The topological polar surface area (TPSA) is 82.8 Å². The fourth-order valence-electron chi connectivity index (χ4n) is 3.57. The van der Waals surface area contributed by atoms with Crippen molar-refractivity contribution in [3.05, 3.63) is 33.6 Å². The largest absolute Gasteiger partial charge is 0.342 e. The zero-order valence-corrected chi connectivity index (χ0v) is 19.5. The van der Waals surface area contributed by atoms with Crippen LogP contribution in [0.3, 0.4) is 0 Å². The Kier molecular flexibility index (Phi) is 6.47. The molecule has 1 aromatic carbocycles. The number of fused-ring (bicyclic) bond motifs is 1. The van der Waals surface area contributed by atoms with Gasteiger partial charge < -0.3 is 9.80 Å². The Hall–Kier alpha value is -2.20. The summed E-state index contributed by atoms with van der Waals surface area (Å²) in [6.45, 7) is 1.97. The van der Waals surface area contributed by atoms with E-state index in [1.165, 1.54) is 11.3 Å². The summed E-state index contributed by atoms with van der Waals surface area (Å²) in [6, 6.07) is 5.21. The molecule has 3 aromatic rings. The maximum absolute atomic E-state index is 12.7. The van der Waals surface area contributed by atoms with E-state index < -0.39 is 5.92 Å². The van der Waals surface area contributed by atoms with Crippen LogP contribution < -0.4 is 5.32 Å². The van der Waals surface area contributed by atoms with E-state index >= 15 is 0 Å². The summed E-state index contributed by atoms with van der Waals surface area (Å²) < 4.78 is 1.63. The molecule has 8 nitrogen and oxygen atoms in total. The third-order valence-corrected chi connectivity index (χ3v) is 6.52. The molecule has 1 unspecified atom stereocenters. The summed E-state index contributed by atoms with van der Waals surface area (Å²) in [7, 11) is 3.99. The quantitative estimate of drug-likeness (QED) is 0.559. The van der Waals surface area contributed by atoms with E-state index in [2.05, 4.69) is 20.3 Å². The standard InChI is InChI=1S/C20H22Cl2N6O2S/c1-26(2)6-3-7-27-10-12(8-17(27)29)18(30)23-19-24-20-28(25-19)16(11-31-20)14-9-13(21)4-5-15(14)22/h4-5,9,11-12H,3,6-8,10H2,1-2H3,(H,23,25,30). The molecule has 2 aromatic heterocycles. The maximum Gasteiger partial charge on any atom is 0.250 e. The average Bonchev–Trinajstić information content (AvgIpc) is 3.38. The van der Waals surface area contributed by atoms with Crippen molar-refractivity contribution in [3.63, 3.8) is 0 Å². The lowest BCUT2D eigenvalue weighted by molar-refractivity contribution is -0.128. The van der Waals surface area contributed by atoms with Crippen LogP contribution in [-0.2, 0) is 9.59 Å². The highest BCUT2D eigenvalue weighted by molar-refractivity contribution is 7.15. The highest BCUT2D eigenvalue weighted by atomic mass is 35.5. The van der Waals surface area contributed by atoms with Crippen molar-refractivity contribution >= 4 is 57.3 Å². The van der Waals surface area contributed by atoms with Crippen molar-refractivity contribution in [3.8, 4) is 11.3 Å². The molecular formula is C20H22Cl2N6O2S. The number of hydrogen-bond donors (Lipinski definition) is 1. The molecular weight excluding hydrogens is 459 g/mol. The third kappa shape index (κ3) is 4.85. The summed E-state index contributed by atoms with van der Waals surface area (Å²) in [6.07, 6.45) is 1.08. The van der Waals surface area contributed by atoms with E-state index in [1.54, 1.807) is 27.6 Å². The van der Waals surface area contributed by atoms with Gasteiger partial charge in [0.15, 0.2) is 0 Å². The predicted molar refractivity (Wildman–Crippen MR) is 123 cm³/mol. The van der Waals surface area contributed by atoms with Crippen molar-refractivity contribution < 1.29 is 9.59 Å². The highest BCUT2D eigenvalue weighted by Gasteiger charge is 2.34. The van der Waals surface area contributed by atoms with Gasteiger partial charge in [0, 0.05) is 35.5 Å². The second-order valence-electron chi connectivity index (χ2n) is 7.76. The summed E-state index contributed by atoms with van der Waals surface area (Å²) in [4.78, 5) is 33.8. The van der Waals surface area contributed by atoms with E-state index in [0.29, 0.717) is 28.1 Å². The van der Waals surface area contributed by atoms with Crippen LogP contribution in [0.15, 0.2) is 23.6 Å². The van der Waals surface area contributed by atoms with Gasteiger partial charge in [0.1, 0.15) is 0 Å². The van der Waals surface area contributed by atoms with Gasteiger partial charge in [-0.1, -0.05) is 23.2 Å². The Morgan fingerprint density at radius 3 is 2.94 bits per heavy atom. The summed E-state index contributed by atoms with van der Waals surface area (Å²) in [5, 5.41) is 10.2. The normalized spacial score (nSPS) is 16.6. The summed E-state index contributed by atoms with van der Waals surface area (Å²) >= 11 is 13.8. The molecule has 1 atom stereocenters. The Morgan fingerprint density at radius 2 is 2.16 bits per heavy atom. The van der Waals surface area contributed by atoms with Crippen molar-refractivity contribution in [2.75, 3.05) is 39.0 Å². The van der Waals surface area contributed by atoms with E-state index in [9.17, 15) is 9.59 Å². The predicted octanol–water partition coefficient (Wildman–Crippen LogP) is 3.50. The van der Waals surface area contributed by atoms with E-state index in [4.69, 9.17) is 23.2 Å². The number of nitrogens with one attached hydrogen (secondary N) is 1. The average molecular weight is 481 g/mol. The number of rotatable bonds is 7. The molecule has 0 spiro atoms. The summed E-state index contributed by atoms with van der Waals surface area (Å²) in [5.74, 6) is -0.440. The smallest absolute Gasteiger partial charge is 0.250 e. The number of halogens is 2. The number of aromatic nitrogens is 3. The molecule has 11 heteroatoms. The van der Waals surface area contributed by atoms with Crippen LogP contribution >= 0.6 is 34.5 Å². The molecule has 1 saturated heterocycles. The lowest BCUT2D eigenvalue weighted by Gasteiger charge is -2.17. The number of amides is 2. The Labute approximate surface area is 193 Å². The van der Waals surface area contributed by atoms with Crippen molar-refractivity contribution in [1.82, 2.24) is 24.4 Å². The minimum atomic E-state index is -0.407. The fraction of sp³-hybridized carbons (Fsp3) is 0.400. The SMILES string of the molecule is CN(C)CCCN1CC(C(=O)Nc2nc3scc(-c4cc(Cl)ccc4Cl)n3n2)CC1=O. The van der Waals surface area contributed by atoms with Gasteiger partial charge in [0.2, 0.25) is 22.7 Å². The molecule has 2 amide bonds. The Bertz CT molecular complexity index is 1130. The molecule has 0 radical (unpaired) electrons. The van der Waals surface area contributed by atoms with Gasteiger partial charge >= 0.3 is 0 Å². The van der Waals surface area contributed by atoms with Crippen LogP contribution in [0, 0.1) is 5.92 Å². The molecule has 0 saturated carbocycles. The lowest BCUT2D eigenvalue weighted by Crippen LogP contribution is -2.30. The van der Waals surface area contributed by atoms with Crippen LogP contribution in [0.1, 0.15) is 12.8 Å². The zero-order chi connectivity index (χ0) is 22.1. The number of carbonyl (C=O) groups excluding carboxylic acids is 2. The van der Waals surface area contributed by atoms with Crippen LogP contribution in [0.4, 0.5) is 5.95 Å². The second-order valence-corrected chi connectivity index (χ2v) is 9.44. The van der Waals surface area contributed by atoms with Crippen molar-refractivity contribution in [2.24, 2.45) is 5.92 Å². The lowest BCUT2D eigenvalue weighted by atomic mass is 10.1. The molecule has 1 aliphatic heterocycles. The number of nitrogens with zero attached hydrogens (tertiary/aromatic N) is 5. The first kappa shape index (κ1) is 22.0. The Balaban J connectivity index is 1.45. The number of anilines is 1. The van der Waals surface area contributed by atoms with Gasteiger partial charge in [-0.05, 0) is 45.3 Å². The van der Waals surface area contributed by atoms with Gasteiger partial charge in [-0.3, -0.25) is 14.9 Å². The van der Waals surface area contributed by atoms with Crippen LogP contribution in [-0.4, -0.2) is 69.9 Å². The second kappa shape index (κ2) is 9.12. The molecule has 4 rings (SSSR count). The first-order valence-corrected chi connectivity index (χ1v) is 11.5. The fourth-order valence-corrected chi connectivity index (χ4v) is 4.78. The monoisotopic (exact) mass is 480 g/mol. The maximum atomic E-state index is 12.7. The van der Waals surface area contributed by atoms with E-state index in [-0.39, 0.29) is 24.2 Å². The number of carbonyl (C=O) groups is 2. The van der Waals surface area contributed by atoms with Crippen LogP contribution in [0.2, 0.25) is 10.0 Å². The third-order valence-electron chi connectivity index (χ3n) is 5.14. The molecule has 0 bridgehead atoms. The highest BCUT2D eigenvalue weighted by Crippen LogP contribution is 2.33. The molecule has 1 fully saturated rings. The molecule has 31 heavy (non-hydrogen) atoms. The van der Waals surface area contributed by atoms with Gasteiger partial charge in [-0.2, -0.15) is 4.98 Å². The van der Waals surface area contributed by atoms with Gasteiger partial charge in [0.25, 0.3) is 0 Å². The minimum Gasteiger partial charge on any atom is -0.342 e. The number of benzene rings is 1. The van der Waals surface area contributed by atoms with Gasteiger partial charge in [-0.25, -0.2) is 4.52 Å². The van der Waals surface area contributed by atoms with Crippen molar-refractivity contribution in [2.45, 2.75) is 12.8 Å². The number of hydrogen-bond acceptors (Lipinski definition) is 6. The molecule has 164 valence electrons. The van der Waals surface area contributed by atoms with Crippen molar-refractivity contribution in [1.29, 1.82) is 0 Å². The molecule has 3 heterocycles. The van der Waals surface area contributed by atoms with E-state index in [0.717, 1.165) is 24.2 Å². The molecule has 1 N–H and O–H groups in total. The molecule has 1 aliphatic rings. The van der Waals surface area contributed by atoms with Crippen LogP contribution in [0.25, 0.3) is 16.2 Å². The zero-order valence-electron chi connectivity index (χ0n) is 17.1. The first-order chi connectivity index (χ1) is 14.8. The van der Waals surface area contributed by atoms with Gasteiger partial charge in [0.05, 0.1) is 16.6 Å². The Morgan fingerprint density at radius 1 is 1.35 bits per heavy atom. The minimum absolute atomic E-state index is 0.00979. The molecule has 0 aliphatic carbocycles. The van der Waals surface area contributed by atoms with Gasteiger partial charge in [-0.15, -0.1) is 16.4 Å². The van der Waals surface area contributed by atoms with E-state index in [1.807, 2.05) is 19.5 Å². The number of likely N-dealkylation sites (tertiary alicyclic amines) is 1. The first-order valence-electron chi connectivity index (χ1n) is 9.85. The number of thiazole rings is 1.